The second-order valence-electron chi connectivity index (χ2n) is 7.83. The highest BCUT2D eigenvalue weighted by Crippen LogP contribution is 2.39. The molecule has 2 N–H and O–H groups in total. The minimum Gasteiger partial charge on any atom is -0.349 e. The number of aromatic nitrogens is 2. The van der Waals surface area contributed by atoms with Gasteiger partial charge in [0.15, 0.2) is 0 Å². The standard InChI is InChI=1S/C19H27N3O/c1-19(2,3)14-10-8-13(9-11-14)18(23)20-12-17-21-15-6-4-5-7-16(15)22-17/h4-7,13-14H,8-12H2,1-3H3,(H,20,23)(H,21,22). The van der Waals surface area contributed by atoms with Crippen LogP contribution in [0.1, 0.15) is 52.3 Å². The second-order valence-corrected chi connectivity index (χ2v) is 7.83. The highest BCUT2D eigenvalue weighted by Gasteiger charge is 2.32. The van der Waals surface area contributed by atoms with E-state index in [4.69, 9.17) is 0 Å². The molecule has 0 bridgehead atoms. The van der Waals surface area contributed by atoms with Crippen LogP contribution in [0.2, 0.25) is 0 Å². The van der Waals surface area contributed by atoms with Crippen molar-refractivity contribution >= 4 is 16.9 Å². The van der Waals surface area contributed by atoms with Crippen LogP contribution in [0.25, 0.3) is 11.0 Å². The fourth-order valence-electron chi connectivity index (χ4n) is 3.63. The summed E-state index contributed by atoms with van der Waals surface area (Å²) in [6.45, 7) is 7.39. The van der Waals surface area contributed by atoms with Crippen LogP contribution in [0.5, 0.6) is 0 Å². The quantitative estimate of drug-likeness (QED) is 0.898. The van der Waals surface area contributed by atoms with Crippen LogP contribution in [-0.2, 0) is 11.3 Å². The largest absolute Gasteiger partial charge is 0.349 e. The Labute approximate surface area is 138 Å². The number of H-pyrrole nitrogens is 1. The summed E-state index contributed by atoms with van der Waals surface area (Å²) in [6.07, 6.45) is 4.33. The van der Waals surface area contributed by atoms with Crippen LogP contribution in [-0.4, -0.2) is 15.9 Å². The SMILES string of the molecule is CC(C)(C)C1CCC(C(=O)NCc2nc3ccccc3[nH]2)CC1. The molecule has 1 fully saturated rings. The van der Waals surface area contributed by atoms with Crippen molar-refractivity contribution in [1.29, 1.82) is 0 Å². The van der Waals surface area contributed by atoms with E-state index in [0.717, 1.165) is 48.5 Å². The molecule has 1 aromatic carbocycles. The minimum absolute atomic E-state index is 0.165. The first-order valence-electron chi connectivity index (χ1n) is 8.65. The Hall–Kier alpha value is -1.84. The minimum atomic E-state index is 0.165. The number of hydrogen-bond acceptors (Lipinski definition) is 2. The van der Waals surface area contributed by atoms with Crippen molar-refractivity contribution in [2.24, 2.45) is 17.3 Å². The van der Waals surface area contributed by atoms with Gasteiger partial charge in [-0.25, -0.2) is 4.98 Å². The molecule has 1 saturated carbocycles. The van der Waals surface area contributed by atoms with E-state index >= 15 is 0 Å². The molecule has 0 saturated heterocycles. The lowest BCUT2D eigenvalue weighted by atomic mass is 9.70. The molecule has 1 heterocycles. The molecule has 0 spiro atoms. The van der Waals surface area contributed by atoms with Gasteiger partial charge in [-0.1, -0.05) is 32.9 Å². The lowest BCUT2D eigenvalue weighted by molar-refractivity contribution is -0.126. The maximum Gasteiger partial charge on any atom is 0.223 e. The van der Waals surface area contributed by atoms with Crippen LogP contribution < -0.4 is 5.32 Å². The topological polar surface area (TPSA) is 57.8 Å². The molecule has 0 unspecified atom stereocenters. The van der Waals surface area contributed by atoms with Gasteiger partial charge in [-0.3, -0.25) is 4.79 Å². The first kappa shape index (κ1) is 16.0. The van der Waals surface area contributed by atoms with Gasteiger partial charge in [0, 0.05) is 5.92 Å². The van der Waals surface area contributed by atoms with E-state index < -0.39 is 0 Å². The van der Waals surface area contributed by atoms with Crippen molar-refractivity contribution in [3.8, 4) is 0 Å². The summed E-state index contributed by atoms with van der Waals surface area (Å²) in [6, 6.07) is 7.93. The van der Waals surface area contributed by atoms with Gasteiger partial charge in [0.1, 0.15) is 5.82 Å². The molecule has 0 radical (unpaired) electrons. The third-order valence-electron chi connectivity index (χ3n) is 5.19. The van der Waals surface area contributed by atoms with Crippen LogP contribution >= 0.6 is 0 Å². The number of hydrogen-bond donors (Lipinski definition) is 2. The molecule has 4 nitrogen and oxygen atoms in total. The van der Waals surface area contributed by atoms with E-state index in [1.807, 2.05) is 24.3 Å². The number of rotatable bonds is 3. The average Bonchev–Trinajstić information content (AvgIpc) is 2.95. The van der Waals surface area contributed by atoms with Crippen molar-refractivity contribution < 1.29 is 4.79 Å². The summed E-state index contributed by atoms with van der Waals surface area (Å²) < 4.78 is 0. The van der Waals surface area contributed by atoms with E-state index in [9.17, 15) is 4.79 Å². The molecule has 124 valence electrons. The molecule has 1 amide bonds. The van der Waals surface area contributed by atoms with Crippen LogP contribution in [0.4, 0.5) is 0 Å². The molecule has 2 aromatic rings. The fraction of sp³-hybridized carbons (Fsp3) is 0.579. The summed E-state index contributed by atoms with van der Waals surface area (Å²) in [5.41, 5.74) is 2.32. The average molecular weight is 313 g/mol. The van der Waals surface area contributed by atoms with Crippen molar-refractivity contribution in [3.63, 3.8) is 0 Å². The van der Waals surface area contributed by atoms with Crippen molar-refractivity contribution in [2.75, 3.05) is 0 Å². The number of nitrogens with zero attached hydrogens (tertiary/aromatic N) is 1. The predicted molar refractivity (Wildman–Crippen MR) is 92.8 cm³/mol. The van der Waals surface area contributed by atoms with Gasteiger partial charge >= 0.3 is 0 Å². The third kappa shape index (κ3) is 3.74. The fourth-order valence-corrected chi connectivity index (χ4v) is 3.63. The number of nitrogens with one attached hydrogen (secondary N) is 2. The lowest BCUT2D eigenvalue weighted by Crippen LogP contribution is -2.35. The first-order chi connectivity index (χ1) is 10.9. The number of imidazole rings is 1. The molecule has 23 heavy (non-hydrogen) atoms. The molecule has 1 aliphatic carbocycles. The Morgan fingerprint density at radius 1 is 1.22 bits per heavy atom. The molecular formula is C19H27N3O. The van der Waals surface area contributed by atoms with Gasteiger partial charge in [-0.2, -0.15) is 0 Å². The Morgan fingerprint density at radius 2 is 1.91 bits per heavy atom. The van der Waals surface area contributed by atoms with E-state index in [1.165, 1.54) is 0 Å². The molecule has 1 aromatic heterocycles. The molecule has 0 aliphatic heterocycles. The summed E-state index contributed by atoms with van der Waals surface area (Å²) >= 11 is 0. The zero-order valence-corrected chi connectivity index (χ0v) is 14.4. The smallest absolute Gasteiger partial charge is 0.223 e. The predicted octanol–water partition coefficient (Wildman–Crippen LogP) is 4.03. The monoisotopic (exact) mass is 313 g/mol. The van der Waals surface area contributed by atoms with Gasteiger partial charge in [0.25, 0.3) is 0 Å². The zero-order chi connectivity index (χ0) is 16.4. The summed E-state index contributed by atoms with van der Waals surface area (Å²) in [5, 5.41) is 3.05. The highest BCUT2D eigenvalue weighted by atomic mass is 16.1. The molecular weight excluding hydrogens is 286 g/mol. The van der Waals surface area contributed by atoms with E-state index in [1.54, 1.807) is 0 Å². The summed E-state index contributed by atoms with van der Waals surface area (Å²) in [4.78, 5) is 20.1. The van der Waals surface area contributed by atoms with Crippen molar-refractivity contribution in [2.45, 2.75) is 53.0 Å². The summed E-state index contributed by atoms with van der Waals surface area (Å²) in [5.74, 6) is 1.90. The van der Waals surface area contributed by atoms with Crippen LogP contribution in [0.3, 0.4) is 0 Å². The Bertz CT molecular complexity index is 642. The van der Waals surface area contributed by atoms with E-state index in [0.29, 0.717) is 12.0 Å². The molecule has 3 rings (SSSR count). The molecule has 4 heteroatoms. The Balaban J connectivity index is 1.52. The maximum absolute atomic E-state index is 12.4. The number of carbonyl (C=O) groups is 1. The number of amides is 1. The van der Waals surface area contributed by atoms with Gasteiger partial charge in [-0.05, 0) is 49.1 Å². The maximum atomic E-state index is 12.4. The number of para-hydroxylation sites is 2. The number of aromatic amines is 1. The third-order valence-corrected chi connectivity index (χ3v) is 5.19. The van der Waals surface area contributed by atoms with Gasteiger partial charge in [0.2, 0.25) is 5.91 Å². The van der Waals surface area contributed by atoms with Gasteiger partial charge < -0.3 is 10.3 Å². The van der Waals surface area contributed by atoms with Crippen molar-refractivity contribution in [1.82, 2.24) is 15.3 Å². The zero-order valence-electron chi connectivity index (χ0n) is 14.4. The highest BCUT2D eigenvalue weighted by molar-refractivity contribution is 5.79. The second kappa shape index (κ2) is 6.34. The number of carbonyl (C=O) groups excluding carboxylic acids is 1. The molecule has 0 atom stereocenters. The first-order valence-corrected chi connectivity index (χ1v) is 8.65. The summed E-state index contributed by atoms with van der Waals surface area (Å²) in [7, 11) is 0. The van der Waals surface area contributed by atoms with Crippen LogP contribution in [0, 0.1) is 17.3 Å². The van der Waals surface area contributed by atoms with Gasteiger partial charge in [0.05, 0.1) is 17.6 Å². The van der Waals surface area contributed by atoms with Crippen LogP contribution in [0.15, 0.2) is 24.3 Å². The van der Waals surface area contributed by atoms with Crippen molar-refractivity contribution in [3.05, 3.63) is 30.1 Å². The van der Waals surface area contributed by atoms with E-state index in [2.05, 4.69) is 36.1 Å². The molecule has 1 aliphatic rings. The van der Waals surface area contributed by atoms with Gasteiger partial charge in [-0.15, -0.1) is 0 Å². The lowest BCUT2D eigenvalue weighted by Gasteiger charge is -2.36. The normalized spacial score (nSPS) is 22.2. The van der Waals surface area contributed by atoms with E-state index in [-0.39, 0.29) is 11.8 Å². The number of fused-ring (bicyclic) bond motifs is 1. The Kier molecular flexibility index (Phi) is 4.42. The number of benzene rings is 1. The Morgan fingerprint density at radius 3 is 2.57 bits per heavy atom.